The Kier molecular flexibility index (Phi) is 5.00. The Morgan fingerprint density at radius 3 is 2.71 bits per heavy atom. The molecule has 1 unspecified atom stereocenters. The van der Waals surface area contributed by atoms with E-state index in [9.17, 15) is 4.79 Å². The second kappa shape index (κ2) is 7.18. The van der Waals surface area contributed by atoms with Gasteiger partial charge in [0, 0.05) is 22.8 Å². The van der Waals surface area contributed by atoms with Gasteiger partial charge in [-0.3, -0.25) is 4.79 Å². The summed E-state index contributed by atoms with van der Waals surface area (Å²) in [7, 11) is 3.17. The second-order valence-corrected chi connectivity index (χ2v) is 7.19. The highest BCUT2D eigenvalue weighted by molar-refractivity contribution is 8.00. The van der Waals surface area contributed by atoms with Crippen molar-refractivity contribution in [2.75, 3.05) is 25.7 Å². The van der Waals surface area contributed by atoms with Gasteiger partial charge < -0.3 is 14.4 Å². The van der Waals surface area contributed by atoms with Gasteiger partial charge >= 0.3 is 0 Å². The molecule has 24 heavy (non-hydrogen) atoms. The SMILES string of the molecule is COc1ccc(C(=O)N2CCC(C)Sc3ccccc32)c(OC)c1. The minimum atomic E-state index is -0.0448. The van der Waals surface area contributed by atoms with E-state index < -0.39 is 0 Å². The molecule has 0 N–H and O–H groups in total. The van der Waals surface area contributed by atoms with Crippen molar-refractivity contribution in [2.24, 2.45) is 0 Å². The summed E-state index contributed by atoms with van der Waals surface area (Å²) < 4.78 is 10.6. The van der Waals surface area contributed by atoms with E-state index >= 15 is 0 Å². The normalized spacial score (nSPS) is 17.0. The fourth-order valence-electron chi connectivity index (χ4n) is 2.82. The van der Waals surface area contributed by atoms with Gasteiger partial charge in [0.1, 0.15) is 11.5 Å². The Bertz CT molecular complexity index is 747. The maximum Gasteiger partial charge on any atom is 0.262 e. The number of hydrogen-bond acceptors (Lipinski definition) is 4. The van der Waals surface area contributed by atoms with Crippen LogP contribution in [-0.2, 0) is 0 Å². The number of nitrogens with zero attached hydrogens (tertiary/aromatic N) is 1. The van der Waals surface area contributed by atoms with Crippen LogP contribution in [0, 0.1) is 0 Å². The lowest BCUT2D eigenvalue weighted by Crippen LogP contribution is -2.32. The number of benzene rings is 2. The summed E-state index contributed by atoms with van der Waals surface area (Å²) in [6.07, 6.45) is 0.948. The van der Waals surface area contributed by atoms with E-state index in [0.717, 1.165) is 17.0 Å². The molecular weight excluding hydrogens is 322 g/mol. The summed E-state index contributed by atoms with van der Waals surface area (Å²) in [4.78, 5) is 16.2. The van der Waals surface area contributed by atoms with Crippen molar-refractivity contribution in [3.8, 4) is 11.5 Å². The van der Waals surface area contributed by atoms with Gasteiger partial charge in [0.2, 0.25) is 0 Å². The monoisotopic (exact) mass is 343 g/mol. The summed E-state index contributed by atoms with van der Waals surface area (Å²) in [6, 6.07) is 13.4. The van der Waals surface area contributed by atoms with Crippen LogP contribution in [0.4, 0.5) is 5.69 Å². The first-order valence-corrected chi connectivity index (χ1v) is 8.81. The molecule has 0 aliphatic carbocycles. The lowest BCUT2D eigenvalue weighted by atomic mass is 10.1. The quantitative estimate of drug-likeness (QED) is 0.836. The van der Waals surface area contributed by atoms with E-state index in [-0.39, 0.29) is 5.91 Å². The molecule has 126 valence electrons. The Hall–Kier alpha value is -2.14. The van der Waals surface area contributed by atoms with Crippen molar-refractivity contribution in [3.05, 3.63) is 48.0 Å². The average molecular weight is 343 g/mol. The third-order valence-electron chi connectivity index (χ3n) is 4.13. The number of fused-ring (bicyclic) bond motifs is 1. The van der Waals surface area contributed by atoms with Crippen LogP contribution in [-0.4, -0.2) is 31.9 Å². The van der Waals surface area contributed by atoms with E-state index in [1.807, 2.05) is 34.9 Å². The largest absolute Gasteiger partial charge is 0.497 e. The minimum absolute atomic E-state index is 0.0448. The molecule has 1 aliphatic heterocycles. The van der Waals surface area contributed by atoms with Crippen LogP contribution in [0.25, 0.3) is 0 Å². The van der Waals surface area contributed by atoms with Crippen molar-refractivity contribution in [2.45, 2.75) is 23.5 Å². The number of anilines is 1. The molecule has 1 amide bonds. The zero-order valence-corrected chi connectivity index (χ0v) is 14.9. The molecule has 2 aromatic rings. The highest BCUT2D eigenvalue weighted by atomic mass is 32.2. The van der Waals surface area contributed by atoms with Crippen LogP contribution in [0.5, 0.6) is 11.5 Å². The Morgan fingerprint density at radius 2 is 1.96 bits per heavy atom. The van der Waals surface area contributed by atoms with Crippen molar-refractivity contribution < 1.29 is 14.3 Å². The number of ether oxygens (including phenoxy) is 2. The van der Waals surface area contributed by atoms with E-state index in [1.165, 1.54) is 0 Å². The maximum atomic E-state index is 13.2. The summed E-state index contributed by atoms with van der Waals surface area (Å²) in [6.45, 7) is 2.89. The van der Waals surface area contributed by atoms with E-state index in [4.69, 9.17) is 9.47 Å². The second-order valence-electron chi connectivity index (χ2n) is 5.71. The van der Waals surface area contributed by atoms with Crippen LogP contribution in [0.1, 0.15) is 23.7 Å². The zero-order chi connectivity index (χ0) is 17.1. The van der Waals surface area contributed by atoms with Gasteiger partial charge in [0.05, 0.1) is 25.5 Å². The van der Waals surface area contributed by atoms with Gasteiger partial charge in [-0.2, -0.15) is 0 Å². The minimum Gasteiger partial charge on any atom is -0.497 e. The van der Waals surface area contributed by atoms with Crippen LogP contribution in [0.15, 0.2) is 47.4 Å². The Morgan fingerprint density at radius 1 is 1.17 bits per heavy atom. The predicted molar refractivity (Wildman–Crippen MR) is 97.6 cm³/mol. The summed E-state index contributed by atoms with van der Waals surface area (Å²) in [5, 5.41) is 0.474. The van der Waals surface area contributed by atoms with Gasteiger partial charge in [0.25, 0.3) is 5.91 Å². The molecule has 1 aliphatic rings. The highest BCUT2D eigenvalue weighted by Crippen LogP contribution is 2.38. The fraction of sp³-hybridized carbons (Fsp3) is 0.316. The number of methoxy groups -OCH3 is 2. The maximum absolute atomic E-state index is 13.2. The fourth-order valence-corrected chi connectivity index (χ4v) is 3.93. The predicted octanol–water partition coefficient (Wildman–Crippen LogP) is 4.23. The van der Waals surface area contributed by atoms with Gasteiger partial charge in [0.15, 0.2) is 0 Å². The zero-order valence-electron chi connectivity index (χ0n) is 14.1. The molecule has 2 aromatic carbocycles. The standard InChI is InChI=1S/C19H21NO3S/c1-13-10-11-20(16-6-4-5-7-18(16)24-13)19(21)15-9-8-14(22-2)12-17(15)23-3/h4-9,12-13H,10-11H2,1-3H3. The molecule has 0 radical (unpaired) electrons. The van der Waals surface area contributed by atoms with Gasteiger partial charge in [-0.25, -0.2) is 0 Å². The Labute approximate surface area is 146 Å². The molecule has 0 bridgehead atoms. The molecule has 1 atom stereocenters. The lowest BCUT2D eigenvalue weighted by Gasteiger charge is -2.23. The van der Waals surface area contributed by atoms with Crippen LogP contribution in [0.2, 0.25) is 0 Å². The van der Waals surface area contributed by atoms with Gasteiger partial charge in [-0.05, 0) is 30.7 Å². The molecule has 0 saturated carbocycles. The molecule has 0 saturated heterocycles. The number of amides is 1. The summed E-state index contributed by atoms with van der Waals surface area (Å²) in [5.41, 5.74) is 1.52. The first-order chi connectivity index (χ1) is 11.6. The molecule has 3 rings (SSSR count). The first-order valence-electron chi connectivity index (χ1n) is 7.93. The van der Waals surface area contributed by atoms with Crippen molar-refractivity contribution >= 4 is 23.4 Å². The molecule has 4 nitrogen and oxygen atoms in total. The van der Waals surface area contributed by atoms with Gasteiger partial charge in [-0.1, -0.05) is 19.1 Å². The lowest BCUT2D eigenvalue weighted by molar-refractivity contribution is 0.0983. The molecule has 5 heteroatoms. The summed E-state index contributed by atoms with van der Waals surface area (Å²) in [5.74, 6) is 1.15. The average Bonchev–Trinajstić information content (AvgIpc) is 2.78. The number of para-hydroxylation sites is 1. The Balaban J connectivity index is 2.01. The molecule has 0 fully saturated rings. The third-order valence-corrected chi connectivity index (χ3v) is 5.36. The number of carbonyl (C=O) groups is 1. The highest BCUT2D eigenvalue weighted by Gasteiger charge is 2.26. The number of thioether (sulfide) groups is 1. The smallest absolute Gasteiger partial charge is 0.262 e. The van der Waals surface area contributed by atoms with Crippen molar-refractivity contribution in [3.63, 3.8) is 0 Å². The van der Waals surface area contributed by atoms with Crippen molar-refractivity contribution in [1.29, 1.82) is 0 Å². The van der Waals surface area contributed by atoms with Gasteiger partial charge in [-0.15, -0.1) is 11.8 Å². The topological polar surface area (TPSA) is 38.8 Å². The first kappa shape index (κ1) is 16.7. The van der Waals surface area contributed by atoms with E-state index in [2.05, 4.69) is 13.0 Å². The number of rotatable bonds is 3. The number of hydrogen-bond donors (Lipinski definition) is 0. The summed E-state index contributed by atoms with van der Waals surface area (Å²) >= 11 is 1.82. The number of carbonyl (C=O) groups excluding carboxylic acids is 1. The van der Waals surface area contributed by atoms with Crippen LogP contribution < -0.4 is 14.4 Å². The van der Waals surface area contributed by atoms with E-state index in [1.54, 1.807) is 32.4 Å². The molecule has 1 heterocycles. The molecule has 0 spiro atoms. The van der Waals surface area contributed by atoms with Crippen LogP contribution >= 0.6 is 11.8 Å². The molecular formula is C19H21NO3S. The van der Waals surface area contributed by atoms with Crippen LogP contribution in [0.3, 0.4) is 0 Å². The van der Waals surface area contributed by atoms with E-state index in [0.29, 0.717) is 28.9 Å². The molecule has 0 aromatic heterocycles. The third kappa shape index (κ3) is 3.22. The van der Waals surface area contributed by atoms with Crippen molar-refractivity contribution in [1.82, 2.24) is 0 Å².